The number of hydrogen-bond donors (Lipinski definition) is 1. The Bertz CT molecular complexity index is 561. The Balaban J connectivity index is 1.73. The van der Waals surface area contributed by atoms with E-state index in [-0.39, 0.29) is 0 Å². The summed E-state index contributed by atoms with van der Waals surface area (Å²) in [4.78, 5) is 0. The van der Waals surface area contributed by atoms with Crippen LogP contribution < -0.4 is 5.32 Å². The largest absolute Gasteiger partial charge is 0.382 e. The molecule has 1 heteroatoms. The summed E-state index contributed by atoms with van der Waals surface area (Å²) in [7, 11) is 0. The number of nitrogens with one attached hydrogen (secondary N) is 1. The molecule has 2 unspecified atom stereocenters. The van der Waals surface area contributed by atoms with E-state index >= 15 is 0 Å². The summed E-state index contributed by atoms with van der Waals surface area (Å²) in [5, 5.41) is 3.80. The molecule has 1 N–H and O–H groups in total. The molecule has 1 nitrogen and oxygen atoms in total. The molecule has 0 amide bonds. The van der Waals surface area contributed by atoms with Gasteiger partial charge in [-0.15, -0.1) is 0 Å². The molecule has 0 aliphatic heterocycles. The van der Waals surface area contributed by atoms with E-state index in [9.17, 15) is 0 Å². The van der Waals surface area contributed by atoms with Gasteiger partial charge in [-0.1, -0.05) is 68.3 Å². The van der Waals surface area contributed by atoms with Crippen molar-refractivity contribution in [2.24, 2.45) is 5.92 Å². The Morgan fingerprint density at radius 2 is 1.71 bits per heavy atom. The van der Waals surface area contributed by atoms with Crippen LogP contribution in [0.5, 0.6) is 0 Å². The van der Waals surface area contributed by atoms with Gasteiger partial charge < -0.3 is 5.32 Å². The quantitative estimate of drug-likeness (QED) is 0.804. The van der Waals surface area contributed by atoms with Gasteiger partial charge >= 0.3 is 0 Å². The van der Waals surface area contributed by atoms with Gasteiger partial charge in [-0.05, 0) is 42.4 Å². The average molecular weight is 279 g/mol. The van der Waals surface area contributed by atoms with Gasteiger partial charge in [0.25, 0.3) is 0 Å². The second-order valence-electron chi connectivity index (χ2n) is 6.43. The molecule has 0 heterocycles. The molecule has 2 aromatic carbocycles. The lowest BCUT2D eigenvalue weighted by molar-refractivity contribution is 0.358. The van der Waals surface area contributed by atoms with E-state index in [1.165, 1.54) is 42.5 Å². The SMILES string of the molecule is CC1CCCC(Nc2ccccc2Cc2ccccc2)C1. The van der Waals surface area contributed by atoms with E-state index in [0.717, 1.165) is 12.3 Å². The minimum Gasteiger partial charge on any atom is -0.382 e. The first-order valence-corrected chi connectivity index (χ1v) is 8.19. The molecule has 3 rings (SSSR count). The topological polar surface area (TPSA) is 12.0 Å². The molecular formula is C20H25N. The molecule has 110 valence electrons. The maximum atomic E-state index is 3.80. The smallest absolute Gasteiger partial charge is 0.0378 e. The minimum absolute atomic E-state index is 0.644. The molecule has 0 bridgehead atoms. The van der Waals surface area contributed by atoms with Crippen molar-refractivity contribution in [1.29, 1.82) is 0 Å². The molecule has 1 aliphatic rings. The summed E-state index contributed by atoms with van der Waals surface area (Å²) in [6.07, 6.45) is 6.37. The summed E-state index contributed by atoms with van der Waals surface area (Å²) in [6, 6.07) is 20.2. The molecule has 21 heavy (non-hydrogen) atoms. The van der Waals surface area contributed by atoms with Crippen LogP contribution in [0.4, 0.5) is 5.69 Å². The van der Waals surface area contributed by atoms with Crippen LogP contribution in [0.1, 0.15) is 43.7 Å². The molecule has 1 fully saturated rings. The third kappa shape index (κ3) is 3.87. The van der Waals surface area contributed by atoms with Gasteiger partial charge in [0, 0.05) is 11.7 Å². The molecule has 2 aromatic rings. The predicted molar refractivity (Wildman–Crippen MR) is 90.7 cm³/mol. The highest BCUT2D eigenvalue weighted by Crippen LogP contribution is 2.28. The van der Waals surface area contributed by atoms with Gasteiger partial charge in [0.1, 0.15) is 0 Å². The molecule has 2 atom stereocenters. The van der Waals surface area contributed by atoms with Crippen LogP contribution >= 0.6 is 0 Å². The molecule has 1 aliphatic carbocycles. The Morgan fingerprint density at radius 1 is 0.952 bits per heavy atom. The molecule has 0 radical (unpaired) electrons. The monoisotopic (exact) mass is 279 g/mol. The molecule has 0 saturated heterocycles. The first-order valence-electron chi connectivity index (χ1n) is 8.19. The molecular weight excluding hydrogens is 254 g/mol. The fourth-order valence-electron chi connectivity index (χ4n) is 3.42. The molecule has 0 aromatic heterocycles. The van der Waals surface area contributed by atoms with Crippen molar-refractivity contribution in [2.45, 2.75) is 45.1 Å². The lowest BCUT2D eigenvalue weighted by atomic mass is 9.87. The van der Waals surface area contributed by atoms with Crippen LogP contribution in [-0.4, -0.2) is 6.04 Å². The Labute approximate surface area is 128 Å². The standard InChI is InChI=1S/C20H25N/c1-16-8-7-12-19(14-16)21-20-13-6-5-11-18(20)15-17-9-3-2-4-10-17/h2-6,9-11,13,16,19,21H,7-8,12,14-15H2,1H3. The second kappa shape index (κ2) is 6.80. The lowest BCUT2D eigenvalue weighted by Crippen LogP contribution is -2.26. The number of rotatable bonds is 4. The fraction of sp³-hybridized carbons (Fsp3) is 0.400. The highest BCUT2D eigenvalue weighted by Gasteiger charge is 2.19. The summed E-state index contributed by atoms with van der Waals surface area (Å²) in [6.45, 7) is 2.38. The summed E-state index contributed by atoms with van der Waals surface area (Å²) in [5.74, 6) is 0.859. The van der Waals surface area contributed by atoms with Crippen LogP contribution in [-0.2, 0) is 6.42 Å². The fourth-order valence-corrected chi connectivity index (χ4v) is 3.42. The van der Waals surface area contributed by atoms with Gasteiger partial charge in [0.15, 0.2) is 0 Å². The summed E-state index contributed by atoms with van der Waals surface area (Å²) in [5.41, 5.74) is 4.10. The number of benzene rings is 2. The normalized spacial score (nSPS) is 22.0. The average Bonchev–Trinajstić information content (AvgIpc) is 2.50. The highest BCUT2D eigenvalue weighted by molar-refractivity contribution is 5.53. The zero-order valence-corrected chi connectivity index (χ0v) is 12.9. The first kappa shape index (κ1) is 14.2. The van der Waals surface area contributed by atoms with Gasteiger partial charge in [0.05, 0.1) is 0 Å². The van der Waals surface area contributed by atoms with Crippen LogP contribution in [0.25, 0.3) is 0 Å². The summed E-state index contributed by atoms with van der Waals surface area (Å²) >= 11 is 0. The van der Waals surface area contributed by atoms with Crippen molar-refractivity contribution < 1.29 is 0 Å². The zero-order chi connectivity index (χ0) is 14.5. The maximum Gasteiger partial charge on any atom is 0.0378 e. The van der Waals surface area contributed by atoms with Crippen molar-refractivity contribution in [3.05, 3.63) is 65.7 Å². The van der Waals surface area contributed by atoms with Crippen molar-refractivity contribution in [3.8, 4) is 0 Å². The van der Waals surface area contributed by atoms with E-state index < -0.39 is 0 Å². The van der Waals surface area contributed by atoms with Crippen LogP contribution in [0.3, 0.4) is 0 Å². The maximum absolute atomic E-state index is 3.80. The van der Waals surface area contributed by atoms with Gasteiger partial charge in [-0.2, -0.15) is 0 Å². The second-order valence-corrected chi connectivity index (χ2v) is 6.43. The van der Waals surface area contributed by atoms with Crippen molar-refractivity contribution in [2.75, 3.05) is 5.32 Å². The Hall–Kier alpha value is -1.76. The van der Waals surface area contributed by atoms with E-state index in [1.54, 1.807) is 0 Å². The minimum atomic E-state index is 0.644. The van der Waals surface area contributed by atoms with E-state index in [0.29, 0.717) is 6.04 Å². The number of hydrogen-bond acceptors (Lipinski definition) is 1. The Kier molecular flexibility index (Phi) is 4.59. The lowest BCUT2D eigenvalue weighted by Gasteiger charge is -2.29. The van der Waals surface area contributed by atoms with Crippen molar-refractivity contribution in [1.82, 2.24) is 0 Å². The first-order chi connectivity index (χ1) is 10.3. The van der Waals surface area contributed by atoms with Crippen molar-refractivity contribution in [3.63, 3.8) is 0 Å². The zero-order valence-electron chi connectivity index (χ0n) is 12.9. The third-order valence-corrected chi connectivity index (χ3v) is 4.55. The van der Waals surface area contributed by atoms with Gasteiger partial charge in [0.2, 0.25) is 0 Å². The Morgan fingerprint density at radius 3 is 2.52 bits per heavy atom. The highest BCUT2D eigenvalue weighted by atomic mass is 14.9. The van der Waals surface area contributed by atoms with E-state index in [4.69, 9.17) is 0 Å². The van der Waals surface area contributed by atoms with Crippen LogP contribution in [0.2, 0.25) is 0 Å². The van der Waals surface area contributed by atoms with E-state index in [2.05, 4.69) is 66.8 Å². The molecule has 1 saturated carbocycles. The molecule has 0 spiro atoms. The van der Waals surface area contributed by atoms with Crippen LogP contribution in [0.15, 0.2) is 54.6 Å². The number of anilines is 1. The third-order valence-electron chi connectivity index (χ3n) is 4.55. The van der Waals surface area contributed by atoms with Crippen LogP contribution in [0, 0.1) is 5.92 Å². The van der Waals surface area contributed by atoms with Gasteiger partial charge in [-0.3, -0.25) is 0 Å². The predicted octanol–water partition coefficient (Wildman–Crippen LogP) is 5.27. The van der Waals surface area contributed by atoms with Gasteiger partial charge in [-0.25, -0.2) is 0 Å². The summed E-state index contributed by atoms with van der Waals surface area (Å²) < 4.78 is 0. The van der Waals surface area contributed by atoms with Crippen molar-refractivity contribution >= 4 is 5.69 Å². The van der Waals surface area contributed by atoms with E-state index in [1.807, 2.05) is 0 Å². The number of para-hydroxylation sites is 1.